The van der Waals surface area contributed by atoms with Gasteiger partial charge in [0.2, 0.25) is 0 Å². The van der Waals surface area contributed by atoms with Gasteiger partial charge in [-0.15, -0.1) is 11.8 Å². The minimum Gasteiger partial charge on any atom is -0.496 e. The van der Waals surface area contributed by atoms with Crippen LogP contribution in [0.2, 0.25) is 0 Å². The first-order chi connectivity index (χ1) is 26.9. The van der Waals surface area contributed by atoms with Gasteiger partial charge in [-0.2, -0.15) is 0 Å². The minimum atomic E-state index is 0.956. The molecule has 1 saturated carbocycles. The van der Waals surface area contributed by atoms with E-state index >= 15 is 0 Å². The lowest BCUT2D eigenvalue weighted by molar-refractivity contribution is 0.411. The molecule has 0 amide bonds. The third kappa shape index (κ3) is 17.7. The number of aryl methyl sites for hydroxylation is 8. The van der Waals surface area contributed by atoms with Gasteiger partial charge in [0.05, 0.1) is 7.11 Å². The van der Waals surface area contributed by atoms with Gasteiger partial charge >= 0.3 is 0 Å². The highest BCUT2D eigenvalue weighted by Crippen LogP contribution is 2.29. The maximum atomic E-state index is 5.04. The fourth-order valence-corrected chi connectivity index (χ4v) is 7.58. The summed E-state index contributed by atoms with van der Waals surface area (Å²) in [5.74, 6) is 3.00. The fourth-order valence-electron chi connectivity index (χ4n) is 6.98. The Labute approximate surface area is 347 Å². The summed E-state index contributed by atoms with van der Waals surface area (Å²) in [5, 5.41) is 2.75. The van der Waals surface area contributed by atoms with E-state index in [2.05, 4.69) is 178 Å². The molecule has 7 rings (SSSR count). The quantitative estimate of drug-likeness (QED) is 0.162. The molecule has 2 heteroatoms. The number of rotatable bonds is 5. The molecule has 1 aliphatic rings. The molecule has 6 aromatic carbocycles. The number of fused-ring (bicyclic) bond motifs is 1. The van der Waals surface area contributed by atoms with Gasteiger partial charge < -0.3 is 4.74 Å². The van der Waals surface area contributed by atoms with Crippen LogP contribution in [0.15, 0.2) is 138 Å². The highest BCUT2D eigenvalue weighted by molar-refractivity contribution is 7.98. The van der Waals surface area contributed by atoms with Crippen LogP contribution in [-0.4, -0.2) is 13.4 Å². The fraction of sp³-hybridized carbons (Fsp3) is 0.370. The molecule has 1 nitrogen and oxygen atoms in total. The second-order valence-electron chi connectivity index (χ2n) is 15.2. The number of benzene rings is 6. The van der Waals surface area contributed by atoms with Crippen LogP contribution in [0.1, 0.15) is 97.9 Å². The number of hydrogen-bond donors (Lipinski definition) is 0. The van der Waals surface area contributed by atoms with Crippen LogP contribution in [0, 0.1) is 53.4 Å². The van der Waals surface area contributed by atoms with Gasteiger partial charge in [-0.25, -0.2) is 0 Å². The van der Waals surface area contributed by atoms with Gasteiger partial charge in [-0.3, -0.25) is 0 Å². The second-order valence-corrected chi connectivity index (χ2v) is 16.0. The number of methoxy groups -OCH3 is 1. The average molecular weight is 769 g/mol. The molecule has 2 atom stereocenters. The Morgan fingerprint density at radius 3 is 1.30 bits per heavy atom. The molecule has 2 unspecified atom stereocenters. The van der Waals surface area contributed by atoms with Gasteiger partial charge in [0.15, 0.2) is 0 Å². The first kappa shape index (κ1) is 47.9. The number of para-hydroxylation sites is 1. The predicted molar refractivity (Wildman–Crippen MR) is 252 cm³/mol. The van der Waals surface area contributed by atoms with Crippen LogP contribution < -0.4 is 4.74 Å². The SMILES string of the molecule is CC1CCC(C)C1.CCCc1ccccc1C.CCc1ccccc1C.COc1ccccc1C.CSc1ccccc1C.Cc1cccc2cccc(C)c12. The van der Waals surface area contributed by atoms with Crippen molar-refractivity contribution in [2.24, 2.45) is 11.8 Å². The van der Waals surface area contributed by atoms with Crippen molar-refractivity contribution in [3.8, 4) is 5.75 Å². The first-order valence-electron chi connectivity index (χ1n) is 20.7. The summed E-state index contributed by atoms with van der Waals surface area (Å²) in [6.45, 7) is 21.9. The van der Waals surface area contributed by atoms with Gasteiger partial charge in [0, 0.05) is 4.90 Å². The van der Waals surface area contributed by atoms with Crippen molar-refractivity contribution >= 4 is 22.5 Å². The summed E-state index contributed by atoms with van der Waals surface area (Å²) in [6.07, 6.45) is 10.1. The molecule has 6 aromatic rings. The van der Waals surface area contributed by atoms with Crippen LogP contribution in [0.4, 0.5) is 0 Å². The molecule has 0 saturated heterocycles. The van der Waals surface area contributed by atoms with E-state index in [1.807, 2.05) is 31.2 Å². The maximum absolute atomic E-state index is 5.04. The Bertz CT molecular complexity index is 1800. The minimum absolute atomic E-state index is 0.956. The maximum Gasteiger partial charge on any atom is 0.121 e. The molecule has 300 valence electrons. The van der Waals surface area contributed by atoms with Crippen molar-refractivity contribution < 1.29 is 4.74 Å². The third-order valence-electron chi connectivity index (χ3n) is 10.3. The Balaban J connectivity index is 0.000000234. The third-order valence-corrected chi connectivity index (χ3v) is 11.2. The summed E-state index contributed by atoms with van der Waals surface area (Å²) < 4.78 is 5.04. The van der Waals surface area contributed by atoms with E-state index in [0.29, 0.717) is 0 Å². The van der Waals surface area contributed by atoms with Crippen molar-refractivity contribution in [2.45, 2.75) is 113 Å². The molecule has 1 aliphatic carbocycles. The van der Waals surface area contributed by atoms with Gasteiger partial charge in [0.1, 0.15) is 5.75 Å². The van der Waals surface area contributed by atoms with E-state index < -0.39 is 0 Å². The summed E-state index contributed by atoms with van der Waals surface area (Å²) >= 11 is 1.80. The second kappa shape index (κ2) is 27.3. The van der Waals surface area contributed by atoms with Crippen LogP contribution in [0.5, 0.6) is 5.75 Å². The van der Waals surface area contributed by atoms with E-state index in [1.54, 1.807) is 18.9 Å². The number of ether oxygens (including phenoxy) is 1. The van der Waals surface area contributed by atoms with Crippen molar-refractivity contribution in [3.63, 3.8) is 0 Å². The molecule has 0 N–H and O–H groups in total. The molecule has 0 spiro atoms. The van der Waals surface area contributed by atoms with Crippen molar-refractivity contribution in [1.82, 2.24) is 0 Å². The highest BCUT2D eigenvalue weighted by atomic mass is 32.2. The molecule has 0 heterocycles. The monoisotopic (exact) mass is 769 g/mol. The first-order valence-corrected chi connectivity index (χ1v) is 21.9. The molecule has 0 radical (unpaired) electrons. The van der Waals surface area contributed by atoms with Crippen LogP contribution in [0.25, 0.3) is 10.8 Å². The topological polar surface area (TPSA) is 9.23 Å². The van der Waals surface area contributed by atoms with E-state index in [-0.39, 0.29) is 0 Å². The molecule has 0 bridgehead atoms. The lowest BCUT2D eigenvalue weighted by atomic mass is 10.0. The lowest BCUT2D eigenvalue weighted by Crippen LogP contribution is -1.85. The zero-order chi connectivity index (χ0) is 41.3. The van der Waals surface area contributed by atoms with Crippen LogP contribution in [0.3, 0.4) is 0 Å². The number of hydrogen-bond acceptors (Lipinski definition) is 2. The smallest absolute Gasteiger partial charge is 0.121 e. The largest absolute Gasteiger partial charge is 0.496 e. The number of thioether (sulfide) groups is 1. The Hall–Kier alpha value is -4.27. The summed E-state index contributed by atoms with van der Waals surface area (Å²) in [6, 6.07) is 46.3. The van der Waals surface area contributed by atoms with E-state index in [4.69, 9.17) is 4.74 Å². The van der Waals surface area contributed by atoms with Gasteiger partial charge in [0.25, 0.3) is 0 Å². The van der Waals surface area contributed by atoms with E-state index in [0.717, 1.165) is 24.0 Å². The van der Waals surface area contributed by atoms with Crippen molar-refractivity contribution in [2.75, 3.05) is 13.4 Å². The molecule has 0 aliphatic heterocycles. The Morgan fingerprint density at radius 1 is 0.518 bits per heavy atom. The van der Waals surface area contributed by atoms with Crippen molar-refractivity contribution in [3.05, 3.63) is 178 Å². The predicted octanol–water partition coefficient (Wildman–Crippen LogP) is 16.1. The molecular weight excluding hydrogens is 697 g/mol. The summed E-state index contributed by atoms with van der Waals surface area (Å²) in [7, 11) is 1.68. The lowest BCUT2D eigenvalue weighted by Gasteiger charge is -2.04. The Kier molecular flexibility index (Phi) is 23.4. The van der Waals surface area contributed by atoms with Crippen LogP contribution in [-0.2, 0) is 12.8 Å². The zero-order valence-corrected chi connectivity index (χ0v) is 37.7. The molecule has 0 aromatic heterocycles. The molecular formula is C54H72OS. The van der Waals surface area contributed by atoms with E-state index in [9.17, 15) is 0 Å². The standard InChI is InChI=1S/C12H12.C10H14.C9H12.C8H10O.C8H10S.C7H14/c1-9-5-3-7-11-8-4-6-10(2)12(9)11;1-3-6-10-8-5-4-7-9(10)2;1-3-9-7-5-4-6-8(9)2;2*1-7-5-3-4-6-8(7)9-2;1-6-3-4-7(2)5-6/h3-8H,1-2H3;4-5,7-8H,3,6H2,1-2H3;4-7H,3H2,1-2H3;2*3-6H,1-2H3;6-7H,3-5H2,1-2H3. The average Bonchev–Trinajstić information content (AvgIpc) is 3.59. The summed E-state index contributed by atoms with van der Waals surface area (Å²) in [5.41, 5.74) is 11.0. The molecule has 1 fully saturated rings. The van der Waals surface area contributed by atoms with Gasteiger partial charge in [-0.1, -0.05) is 168 Å². The highest BCUT2D eigenvalue weighted by Gasteiger charge is 2.16. The zero-order valence-electron chi connectivity index (χ0n) is 36.9. The Morgan fingerprint density at radius 2 is 0.964 bits per heavy atom. The van der Waals surface area contributed by atoms with Crippen LogP contribution >= 0.6 is 11.8 Å². The van der Waals surface area contributed by atoms with E-state index in [1.165, 1.54) is 92.3 Å². The molecule has 56 heavy (non-hydrogen) atoms. The van der Waals surface area contributed by atoms with Gasteiger partial charge in [-0.05, 0) is 146 Å². The normalized spacial score (nSPS) is 13.8. The summed E-state index contributed by atoms with van der Waals surface area (Å²) in [4.78, 5) is 1.37. The van der Waals surface area contributed by atoms with Crippen molar-refractivity contribution in [1.29, 1.82) is 0 Å².